The summed E-state index contributed by atoms with van der Waals surface area (Å²) in [5.41, 5.74) is 0.852. The summed E-state index contributed by atoms with van der Waals surface area (Å²) in [6.45, 7) is 3.87. The van der Waals surface area contributed by atoms with Crippen molar-refractivity contribution in [3.05, 3.63) is 48.6 Å². The topological polar surface area (TPSA) is 73.9 Å². The van der Waals surface area contributed by atoms with Gasteiger partial charge in [-0.1, -0.05) is 36.4 Å². The van der Waals surface area contributed by atoms with Gasteiger partial charge in [-0.15, -0.1) is 6.58 Å². The highest BCUT2D eigenvalue weighted by molar-refractivity contribution is 5.81. The predicted octanol–water partition coefficient (Wildman–Crippen LogP) is 1.66. The van der Waals surface area contributed by atoms with Crippen LogP contribution in [-0.2, 0) is 25.6 Å². The number of benzene rings is 1. The van der Waals surface area contributed by atoms with Crippen molar-refractivity contribution in [1.29, 1.82) is 0 Å². The molecule has 0 aliphatic rings. The molecule has 1 atom stereocenters. The van der Waals surface area contributed by atoms with Gasteiger partial charge in [0.15, 0.2) is 6.04 Å². The van der Waals surface area contributed by atoms with E-state index in [1.165, 1.54) is 7.11 Å². The molecule has 114 valence electrons. The van der Waals surface area contributed by atoms with Crippen molar-refractivity contribution in [3.63, 3.8) is 0 Å². The fraction of sp³-hybridized carbons (Fsp3) is 0.333. The lowest BCUT2D eigenvalue weighted by molar-refractivity contribution is -0.144. The van der Waals surface area contributed by atoms with Crippen LogP contribution in [0.1, 0.15) is 5.56 Å². The molecule has 0 saturated heterocycles. The first-order valence-corrected chi connectivity index (χ1v) is 6.41. The molecule has 0 aromatic heterocycles. The zero-order valence-electron chi connectivity index (χ0n) is 11.9. The Morgan fingerprint density at radius 2 is 2.05 bits per heavy atom. The zero-order chi connectivity index (χ0) is 15.5. The minimum atomic E-state index is -0.918. The van der Waals surface area contributed by atoms with Crippen LogP contribution in [0, 0.1) is 0 Å². The Labute approximate surface area is 123 Å². The van der Waals surface area contributed by atoms with Crippen LogP contribution < -0.4 is 5.32 Å². The van der Waals surface area contributed by atoms with Crippen LogP contribution in [0.15, 0.2) is 43.0 Å². The van der Waals surface area contributed by atoms with E-state index < -0.39 is 18.1 Å². The van der Waals surface area contributed by atoms with Gasteiger partial charge in [-0.05, 0) is 5.56 Å². The van der Waals surface area contributed by atoms with Gasteiger partial charge in [0.05, 0.1) is 20.3 Å². The largest absolute Gasteiger partial charge is 0.467 e. The Kier molecular flexibility index (Phi) is 7.60. The van der Waals surface area contributed by atoms with E-state index in [2.05, 4.69) is 16.6 Å². The summed E-state index contributed by atoms with van der Waals surface area (Å²) < 4.78 is 14.8. The maximum Gasteiger partial charge on any atom is 0.408 e. The van der Waals surface area contributed by atoms with Crippen molar-refractivity contribution in [2.45, 2.75) is 12.6 Å². The molecular formula is C15H19NO5. The number of esters is 1. The van der Waals surface area contributed by atoms with E-state index in [4.69, 9.17) is 9.47 Å². The molecule has 21 heavy (non-hydrogen) atoms. The first kappa shape index (κ1) is 16.7. The van der Waals surface area contributed by atoms with Crippen LogP contribution in [0.25, 0.3) is 0 Å². The molecule has 6 nitrogen and oxygen atoms in total. The number of amides is 1. The molecule has 1 N–H and O–H groups in total. The molecule has 1 amide bonds. The molecule has 1 aromatic carbocycles. The SMILES string of the molecule is C=CCOCC(NC(=O)OCc1ccccc1)C(=O)OC. The van der Waals surface area contributed by atoms with E-state index in [-0.39, 0.29) is 19.8 Å². The van der Waals surface area contributed by atoms with Gasteiger partial charge in [0, 0.05) is 0 Å². The average molecular weight is 293 g/mol. The fourth-order valence-electron chi connectivity index (χ4n) is 1.49. The van der Waals surface area contributed by atoms with Crippen LogP contribution >= 0.6 is 0 Å². The van der Waals surface area contributed by atoms with E-state index in [0.717, 1.165) is 5.56 Å². The van der Waals surface area contributed by atoms with Crippen molar-refractivity contribution >= 4 is 12.1 Å². The molecule has 6 heteroatoms. The van der Waals surface area contributed by atoms with Gasteiger partial charge < -0.3 is 19.5 Å². The number of carbonyl (C=O) groups is 2. The lowest BCUT2D eigenvalue weighted by atomic mass is 10.2. The van der Waals surface area contributed by atoms with Crippen LogP contribution in [0.5, 0.6) is 0 Å². The smallest absolute Gasteiger partial charge is 0.408 e. The molecule has 1 aromatic rings. The molecule has 1 unspecified atom stereocenters. The van der Waals surface area contributed by atoms with Gasteiger partial charge in [0.2, 0.25) is 0 Å². The molecule has 0 aliphatic carbocycles. The summed E-state index contributed by atoms with van der Waals surface area (Å²) in [5, 5.41) is 2.40. The number of nitrogens with one attached hydrogen (secondary N) is 1. The molecule has 0 radical (unpaired) electrons. The number of ether oxygens (including phenoxy) is 3. The van der Waals surface area contributed by atoms with Gasteiger partial charge in [0.25, 0.3) is 0 Å². The zero-order valence-corrected chi connectivity index (χ0v) is 11.9. The number of alkyl carbamates (subject to hydrolysis) is 1. The molecule has 0 aliphatic heterocycles. The molecule has 1 rings (SSSR count). The van der Waals surface area contributed by atoms with E-state index in [1.807, 2.05) is 30.3 Å². The van der Waals surface area contributed by atoms with Gasteiger partial charge in [-0.3, -0.25) is 0 Å². The van der Waals surface area contributed by atoms with E-state index in [9.17, 15) is 9.59 Å². The third-order valence-corrected chi connectivity index (χ3v) is 2.51. The number of hydrogen-bond acceptors (Lipinski definition) is 5. The highest BCUT2D eigenvalue weighted by Crippen LogP contribution is 2.01. The fourth-order valence-corrected chi connectivity index (χ4v) is 1.49. The van der Waals surface area contributed by atoms with E-state index in [1.54, 1.807) is 6.08 Å². The first-order chi connectivity index (χ1) is 10.2. The van der Waals surface area contributed by atoms with Gasteiger partial charge in [-0.2, -0.15) is 0 Å². The monoisotopic (exact) mass is 293 g/mol. The maximum atomic E-state index is 11.7. The molecule has 0 fully saturated rings. The van der Waals surface area contributed by atoms with Crippen LogP contribution in [0.3, 0.4) is 0 Å². The third kappa shape index (κ3) is 6.58. The Balaban J connectivity index is 2.43. The van der Waals surface area contributed by atoms with E-state index >= 15 is 0 Å². The summed E-state index contributed by atoms with van der Waals surface area (Å²) >= 11 is 0. The molecule has 0 spiro atoms. The Morgan fingerprint density at radius 1 is 1.33 bits per heavy atom. The summed E-state index contributed by atoms with van der Waals surface area (Å²) in [7, 11) is 1.24. The predicted molar refractivity (Wildman–Crippen MR) is 76.6 cm³/mol. The summed E-state index contributed by atoms with van der Waals surface area (Å²) in [5.74, 6) is -0.601. The van der Waals surface area contributed by atoms with Gasteiger partial charge in [0.1, 0.15) is 6.61 Å². The average Bonchev–Trinajstić information content (AvgIpc) is 2.52. The molecule has 0 heterocycles. The highest BCUT2D eigenvalue weighted by atomic mass is 16.6. The maximum absolute atomic E-state index is 11.7. The molecule has 0 bridgehead atoms. The summed E-state index contributed by atoms with van der Waals surface area (Å²) in [4.78, 5) is 23.2. The summed E-state index contributed by atoms with van der Waals surface area (Å²) in [6, 6.07) is 8.30. The first-order valence-electron chi connectivity index (χ1n) is 6.41. The third-order valence-electron chi connectivity index (χ3n) is 2.51. The summed E-state index contributed by atoms with van der Waals surface area (Å²) in [6.07, 6.45) is 0.832. The second-order valence-corrected chi connectivity index (χ2v) is 4.11. The normalized spacial score (nSPS) is 11.3. The highest BCUT2D eigenvalue weighted by Gasteiger charge is 2.22. The van der Waals surface area contributed by atoms with Crippen molar-refractivity contribution < 1.29 is 23.8 Å². The van der Waals surface area contributed by atoms with E-state index in [0.29, 0.717) is 0 Å². The number of methoxy groups -OCH3 is 1. The second kappa shape index (κ2) is 9.55. The lowest BCUT2D eigenvalue weighted by Crippen LogP contribution is -2.44. The quantitative estimate of drug-likeness (QED) is 0.448. The van der Waals surface area contributed by atoms with Crippen LogP contribution in [0.2, 0.25) is 0 Å². The molecule has 0 saturated carbocycles. The number of hydrogen-bond donors (Lipinski definition) is 1. The van der Waals surface area contributed by atoms with Crippen LogP contribution in [-0.4, -0.2) is 38.4 Å². The van der Waals surface area contributed by atoms with Crippen LogP contribution in [0.4, 0.5) is 4.79 Å². The lowest BCUT2D eigenvalue weighted by Gasteiger charge is -2.16. The van der Waals surface area contributed by atoms with Crippen molar-refractivity contribution in [1.82, 2.24) is 5.32 Å². The Bertz CT molecular complexity index is 460. The minimum Gasteiger partial charge on any atom is -0.467 e. The second-order valence-electron chi connectivity index (χ2n) is 4.11. The number of rotatable bonds is 8. The van der Waals surface area contributed by atoms with Gasteiger partial charge in [-0.25, -0.2) is 9.59 Å². The van der Waals surface area contributed by atoms with Crippen molar-refractivity contribution in [2.24, 2.45) is 0 Å². The van der Waals surface area contributed by atoms with Gasteiger partial charge >= 0.3 is 12.1 Å². The number of carbonyl (C=O) groups excluding carboxylic acids is 2. The Hall–Kier alpha value is -2.34. The van der Waals surface area contributed by atoms with Crippen molar-refractivity contribution in [2.75, 3.05) is 20.3 Å². The molecular weight excluding hydrogens is 274 g/mol. The minimum absolute atomic E-state index is 0.0148. The standard InChI is InChI=1S/C15H19NO5/c1-3-9-20-11-13(14(17)19-2)16-15(18)21-10-12-7-5-4-6-8-12/h3-8,13H,1,9-11H2,2H3,(H,16,18). The Morgan fingerprint density at radius 3 is 2.67 bits per heavy atom. The van der Waals surface area contributed by atoms with Crippen molar-refractivity contribution in [3.8, 4) is 0 Å².